The molecule has 3 N–H and O–H groups in total. The highest BCUT2D eigenvalue weighted by molar-refractivity contribution is 5.99. The number of hydrogen-bond acceptors (Lipinski definition) is 4. The average molecular weight is 436 g/mol. The number of aryl methyl sites for hydroxylation is 2. The number of likely N-dealkylation sites (tertiary alicyclic amines) is 1. The first-order valence-electron chi connectivity index (χ1n) is 12.1. The van der Waals surface area contributed by atoms with Gasteiger partial charge in [0.15, 0.2) is 0 Å². The molecule has 2 aromatic carbocycles. The van der Waals surface area contributed by atoms with Crippen LogP contribution in [0.4, 0.5) is 5.69 Å². The summed E-state index contributed by atoms with van der Waals surface area (Å²) in [6.07, 6.45) is 5.48. The lowest BCUT2D eigenvalue weighted by atomic mass is 9.83. The number of benzene rings is 2. The number of anilines is 1. The van der Waals surface area contributed by atoms with Crippen LogP contribution in [0, 0.1) is 13.8 Å². The maximum Gasteiger partial charge on any atom is 0.244 e. The first-order valence-corrected chi connectivity index (χ1v) is 12.1. The smallest absolute Gasteiger partial charge is 0.244 e. The SMILES string of the molecule is Cc1cccc(C)c1NC(=O)C1(NCc2ccccc2)CCN([C@@H]2CCCC[C@H]2O)CC1. The zero-order valence-electron chi connectivity index (χ0n) is 19.4. The average Bonchev–Trinajstić information content (AvgIpc) is 2.81. The Kier molecular flexibility index (Phi) is 7.29. The van der Waals surface area contributed by atoms with E-state index in [1.165, 1.54) is 12.0 Å². The topological polar surface area (TPSA) is 64.6 Å². The van der Waals surface area contributed by atoms with E-state index in [4.69, 9.17) is 0 Å². The van der Waals surface area contributed by atoms with Gasteiger partial charge >= 0.3 is 0 Å². The normalized spacial score (nSPS) is 23.6. The van der Waals surface area contributed by atoms with E-state index in [9.17, 15) is 9.90 Å². The van der Waals surface area contributed by atoms with Crippen molar-refractivity contribution in [2.24, 2.45) is 0 Å². The van der Waals surface area contributed by atoms with Gasteiger partial charge in [0.25, 0.3) is 0 Å². The van der Waals surface area contributed by atoms with Crippen LogP contribution >= 0.6 is 0 Å². The van der Waals surface area contributed by atoms with Crippen LogP contribution in [-0.2, 0) is 11.3 Å². The minimum Gasteiger partial charge on any atom is -0.391 e. The quantitative estimate of drug-likeness (QED) is 0.637. The summed E-state index contributed by atoms with van der Waals surface area (Å²) in [5, 5.41) is 17.4. The third-order valence-electron chi connectivity index (χ3n) is 7.44. The summed E-state index contributed by atoms with van der Waals surface area (Å²) < 4.78 is 0. The molecule has 1 aliphatic heterocycles. The van der Waals surface area contributed by atoms with E-state index >= 15 is 0 Å². The highest BCUT2D eigenvalue weighted by atomic mass is 16.3. The van der Waals surface area contributed by atoms with E-state index in [-0.39, 0.29) is 18.1 Å². The van der Waals surface area contributed by atoms with Crippen molar-refractivity contribution in [1.82, 2.24) is 10.2 Å². The minimum atomic E-state index is -0.624. The first-order chi connectivity index (χ1) is 15.5. The summed E-state index contributed by atoms with van der Waals surface area (Å²) in [6.45, 7) is 6.39. The van der Waals surface area contributed by atoms with Gasteiger partial charge < -0.3 is 10.4 Å². The summed E-state index contributed by atoms with van der Waals surface area (Å²) in [7, 11) is 0. The van der Waals surface area contributed by atoms with E-state index in [1.54, 1.807) is 0 Å². The molecule has 0 aromatic heterocycles. The first kappa shape index (κ1) is 23.0. The second kappa shape index (κ2) is 10.2. The monoisotopic (exact) mass is 435 g/mol. The predicted octanol–water partition coefficient (Wildman–Crippen LogP) is 4.17. The molecule has 2 atom stereocenters. The number of nitrogens with one attached hydrogen (secondary N) is 2. The van der Waals surface area contributed by atoms with E-state index in [0.717, 1.165) is 62.0 Å². The molecule has 0 bridgehead atoms. The molecule has 2 fully saturated rings. The van der Waals surface area contributed by atoms with Gasteiger partial charge in [-0.3, -0.25) is 15.0 Å². The van der Waals surface area contributed by atoms with E-state index < -0.39 is 5.54 Å². The molecular formula is C27H37N3O2. The van der Waals surface area contributed by atoms with Gasteiger partial charge in [-0.25, -0.2) is 0 Å². The molecule has 2 aromatic rings. The van der Waals surface area contributed by atoms with E-state index in [0.29, 0.717) is 6.54 Å². The number of hydrogen-bond donors (Lipinski definition) is 3. The second-order valence-corrected chi connectivity index (χ2v) is 9.60. The Labute approximate surface area is 192 Å². The van der Waals surface area contributed by atoms with Crippen molar-refractivity contribution >= 4 is 11.6 Å². The van der Waals surface area contributed by atoms with Gasteiger partial charge in [0.2, 0.25) is 5.91 Å². The molecule has 1 aliphatic carbocycles. The van der Waals surface area contributed by atoms with Crippen molar-refractivity contribution in [3.8, 4) is 0 Å². The van der Waals surface area contributed by atoms with Crippen LogP contribution in [-0.4, -0.2) is 46.7 Å². The number of carbonyl (C=O) groups excluding carboxylic acids is 1. The molecule has 4 rings (SSSR count). The number of piperidine rings is 1. The Morgan fingerprint density at radius 3 is 2.31 bits per heavy atom. The van der Waals surface area contributed by atoms with Crippen LogP contribution < -0.4 is 10.6 Å². The molecule has 0 spiro atoms. The fraction of sp³-hybridized carbons (Fsp3) is 0.519. The summed E-state index contributed by atoms with van der Waals surface area (Å²) >= 11 is 0. The molecule has 0 unspecified atom stereocenters. The van der Waals surface area contributed by atoms with Crippen LogP contribution in [0.2, 0.25) is 0 Å². The van der Waals surface area contributed by atoms with E-state index in [2.05, 4.69) is 27.7 Å². The van der Waals surface area contributed by atoms with Crippen LogP contribution in [0.5, 0.6) is 0 Å². The van der Waals surface area contributed by atoms with E-state index in [1.807, 2.05) is 50.2 Å². The number of amides is 1. The van der Waals surface area contributed by atoms with Gasteiger partial charge in [0.05, 0.1) is 6.10 Å². The van der Waals surface area contributed by atoms with Gasteiger partial charge in [-0.05, 0) is 56.2 Å². The molecule has 1 saturated heterocycles. The van der Waals surface area contributed by atoms with Crippen molar-refractivity contribution < 1.29 is 9.90 Å². The molecule has 2 aliphatic rings. The van der Waals surface area contributed by atoms with Gasteiger partial charge in [0.1, 0.15) is 5.54 Å². The fourth-order valence-electron chi connectivity index (χ4n) is 5.35. The maximum atomic E-state index is 13.7. The Bertz CT molecular complexity index is 886. The molecule has 32 heavy (non-hydrogen) atoms. The summed E-state index contributed by atoms with van der Waals surface area (Å²) in [4.78, 5) is 16.1. The minimum absolute atomic E-state index is 0.0506. The van der Waals surface area contributed by atoms with Crippen molar-refractivity contribution in [2.45, 2.75) is 76.6 Å². The lowest BCUT2D eigenvalue weighted by Gasteiger charge is -2.46. The standard InChI is InChI=1S/C27H37N3O2/c1-20-9-8-10-21(2)25(20)29-26(32)27(28-19-22-11-4-3-5-12-22)15-17-30(18-16-27)23-13-6-7-14-24(23)31/h3-5,8-12,23-24,28,31H,6-7,13-19H2,1-2H3,(H,29,32)/t23-,24-/m1/s1. The highest BCUT2D eigenvalue weighted by Gasteiger charge is 2.43. The number of aliphatic hydroxyl groups is 1. The molecule has 5 nitrogen and oxygen atoms in total. The predicted molar refractivity (Wildman–Crippen MR) is 130 cm³/mol. The number of para-hydroxylation sites is 1. The van der Waals surface area contributed by atoms with Crippen molar-refractivity contribution in [1.29, 1.82) is 0 Å². The van der Waals surface area contributed by atoms with Crippen molar-refractivity contribution in [2.75, 3.05) is 18.4 Å². The molecule has 0 radical (unpaired) electrons. The Morgan fingerprint density at radius 1 is 1.00 bits per heavy atom. The second-order valence-electron chi connectivity index (χ2n) is 9.60. The third kappa shape index (κ3) is 5.06. The summed E-state index contributed by atoms with van der Waals surface area (Å²) in [6, 6.07) is 16.6. The Hall–Kier alpha value is -2.21. The third-order valence-corrected chi connectivity index (χ3v) is 7.44. The van der Waals surface area contributed by atoms with Gasteiger partial charge in [-0.2, -0.15) is 0 Å². The Morgan fingerprint density at radius 2 is 1.66 bits per heavy atom. The highest BCUT2D eigenvalue weighted by Crippen LogP contribution is 2.31. The number of nitrogens with zero attached hydrogens (tertiary/aromatic N) is 1. The maximum absolute atomic E-state index is 13.7. The van der Waals surface area contributed by atoms with Gasteiger partial charge in [-0.15, -0.1) is 0 Å². The fourth-order valence-corrected chi connectivity index (χ4v) is 5.35. The molecule has 172 valence electrons. The lowest BCUT2D eigenvalue weighted by Crippen LogP contribution is -2.62. The largest absolute Gasteiger partial charge is 0.391 e. The zero-order valence-corrected chi connectivity index (χ0v) is 19.4. The van der Waals surface area contributed by atoms with Crippen LogP contribution in [0.1, 0.15) is 55.2 Å². The molecule has 1 amide bonds. The van der Waals surface area contributed by atoms with Crippen molar-refractivity contribution in [3.05, 3.63) is 65.2 Å². The van der Waals surface area contributed by atoms with Gasteiger partial charge in [0, 0.05) is 31.4 Å². The van der Waals surface area contributed by atoms with Gasteiger partial charge in [-0.1, -0.05) is 61.4 Å². The number of rotatable bonds is 6. The molecule has 1 saturated carbocycles. The molecular weight excluding hydrogens is 398 g/mol. The molecule has 1 heterocycles. The lowest BCUT2D eigenvalue weighted by molar-refractivity contribution is -0.125. The van der Waals surface area contributed by atoms with Crippen LogP contribution in [0.15, 0.2) is 48.5 Å². The summed E-state index contributed by atoms with van der Waals surface area (Å²) in [5.74, 6) is 0.0506. The summed E-state index contributed by atoms with van der Waals surface area (Å²) in [5.41, 5.74) is 3.64. The van der Waals surface area contributed by atoms with Crippen molar-refractivity contribution in [3.63, 3.8) is 0 Å². The van der Waals surface area contributed by atoms with Crippen LogP contribution in [0.25, 0.3) is 0 Å². The van der Waals surface area contributed by atoms with Crippen LogP contribution in [0.3, 0.4) is 0 Å². The number of carbonyl (C=O) groups is 1. The number of aliphatic hydroxyl groups excluding tert-OH is 1. The zero-order chi connectivity index (χ0) is 22.6. The Balaban J connectivity index is 1.51. The molecule has 5 heteroatoms.